The fourth-order valence-electron chi connectivity index (χ4n) is 2.61. The molecule has 1 aliphatic carbocycles. The molecule has 2 atom stereocenters. The molecule has 0 radical (unpaired) electrons. The molecule has 1 aromatic carbocycles. The SMILES string of the molecule is COCCNC(=O)CSC1CCCCC1Sc1ccc(O)cc1. The summed E-state index contributed by atoms with van der Waals surface area (Å²) in [6.45, 7) is 1.13. The molecular formula is C17H25NO3S2. The first-order valence-corrected chi connectivity index (χ1v) is 9.95. The molecule has 0 spiro atoms. The van der Waals surface area contributed by atoms with Crippen molar-refractivity contribution in [2.75, 3.05) is 26.0 Å². The van der Waals surface area contributed by atoms with Crippen LogP contribution in [-0.4, -0.2) is 47.5 Å². The van der Waals surface area contributed by atoms with Crippen LogP contribution in [0.5, 0.6) is 5.75 Å². The van der Waals surface area contributed by atoms with Gasteiger partial charge in [-0.2, -0.15) is 0 Å². The van der Waals surface area contributed by atoms with Crippen molar-refractivity contribution in [3.8, 4) is 5.75 Å². The first kappa shape index (κ1) is 18.5. The van der Waals surface area contributed by atoms with Gasteiger partial charge in [-0.05, 0) is 37.1 Å². The molecule has 2 N–H and O–H groups in total. The highest BCUT2D eigenvalue weighted by molar-refractivity contribution is 8.04. The Bertz CT molecular complexity index is 481. The van der Waals surface area contributed by atoms with Gasteiger partial charge < -0.3 is 15.2 Å². The maximum atomic E-state index is 11.8. The Morgan fingerprint density at radius 2 is 1.96 bits per heavy atom. The maximum absolute atomic E-state index is 11.8. The molecule has 1 aliphatic rings. The van der Waals surface area contributed by atoms with Gasteiger partial charge in [-0.25, -0.2) is 0 Å². The number of ether oxygens (including phenoxy) is 1. The Hall–Kier alpha value is -0.850. The summed E-state index contributed by atoms with van der Waals surface area (Å²) < 4.78 is 4.94. The molecule has 1 saturated carbocycles. The molecule has 0 aliphatic heterocycles. The summed E-state index contributed by atoms with van der Waals surface area (Å²) >= 11 is 3.64. The Morgan fingerprint density at radius 1 is 1.26 bits per heavy atom. The summed E-state index contributed by atoms with van der Waals surface area (Å²) in [4.78, 5) is 13.0. The van der Waals surface area contributed by atoms with Gasteiger partial charge >= 0.3 is 0 Å². The van der Waals surface area contributed by atoms with Crippen LogP contribution in [0.3, 0.4) is 0 Å². The first-order valence-electron chi connectivity index (χ1n) is 8.02. The van der Waals surface area contributed by atoms with Gasteiger partial charge in [0.1, 0.15) is 5.75 Å². The van der Waals surface area contributed by atoms with E-state index < -0.39 is 0 Å². The summed E-state index contributed by atoms with van der Waals surface area (Å²) in [5.41, 5.74) is 0. The normalized spacial score (nSPS) is 21.1. The van der Waals surface area contributed by atoms with Gasteiger partial charge in [0.05, 0.1) is 12.4 Å². The monoisotopic (exact) mass is 355 g/mol. The lowest BCUT2D eigenvalue weighted by Crippen LogP contribution is -2.31. The van der Waals surface area contributed by atoms with Crippen LogP contribution in [0.2, 0.25) is 0 Å². The van der Waals surface area contributed by atoms with Crippen LogP contribution < -0.4 is 5.32 Å². The Kier molecular flexibility index (Phi) is 8.12. The molecule has 1 fully saturated rings. The molecule has 23 heavy (non-hydrogen) atoms. The van der Waals surface area contributed by atoms with Crippen LogP contribution in [0, 0.1) is 0 Å². The molecule has 0 saturated heterocycles. The van der Waals surface area contributed by atoms with Gasteiger partial charge in [-0.15, -0.1) is 23.5 Å². The van der Waals surface area contributed by atoms with Crippen molar-refractivity contribution in [2.24, 2.45) is 0 Å². The van der Waals surface area contributed by atoms with E-state index in [2.05, 4.69) is 5.32 Å². The first-order chi connectivity index (χ1) is 11.2. The molecular weight excluding hydrogens is 330 g/mol. The summed E-state index contributed by atoms with van der Waals surface area (Å²) in [6.07, 6.45) is 4.86. The van der Waals surface area contributed by atoms with Crippen LogP contribution in [0.15, 0.2) is 29.2 Å². The highest BCUT2D eigenvalue weighted by Crippen LogP contribution is 2.39. The quantitative estimate of drug-likeness (QED) is 0.701. The lowest BCUT2D eigenvalue weighted by atomic mass is 10.00. The van der Waals surface area contributed by atoms with Gasteiger partial charge in [0, 0.05) is 29.0 Å². The van der Waals surface area contributed by atoms with Crippen molar-refractivity contribution in [3.63, 3.8) is 0 Å². The third-order valence-electron chi connectivity index (χ3n) is 3.82. The summed E-state index contributed by atoms with van der Waals surface area (Å²) in [5, 5.41) is 13.3. The number of carbonyl (C=O) groups is 1. The van der Waals surface area contributed by atoms with E-state index in [1.54, 1.807) is 31.0 Å². The summed E-state index contributed by atoms with van der Waals surface area (Å²) in [5.74, 6) is 0.906. The predicted molar refractivity (Wildman–Crippen MR) is 97.4 cm³/mol. The van der Waals surface area contributed by atoms with E-state index in [1.807, 2.05) is 23.9 Å². The fourth-order valence-corrected chi connectivity index (χ4v) is 5.38. The smallest absolute Gasteiger partial charge is 0.230 e. The van der Waals surface area contributed by atoms with E-state index in [9.17, 15) is 9.90 Å². The molecule has 0 aromatic heterocycles. The minimum absolute atomic E-state index is 0.0889. The highest BCUT2D eigenvalue weighted by Gasteiger charge is 2.27. The van der Waals surface area contributed by atoms with Crippen LogP contribution >= 0.6 is 23.5 Å². The maximum Gasteiger partial charge on any atom is 0.230 e. The molecule has 4 nitrogen and oxygen atoms in total. The second-order valence-corrected chi connectivity index (χ2v) is 8.17. The molecule has 0 bridgehead atoms. The topological polar surface area (TPSA) is 58.6 Å². The van der Waals surface area contributed by atoms with Crippen LogP contribution in [0.4, 0.5) is 0 Å². The van der Waals surface area contributed by atoms with Crippen molar-refractivity contribution in [1.29, 1.82) is 0 Å². The van der Waals surface area contributed by atoms with Gasteiger partial charge in [0.2, 0.25) is 5.91 Å². The number of amides is 1. The van der Waals surface area contributed by atoms with E-state index in [0.29, 0.717) is 35.2 Å². The third kappa shape index (κ3) is 6.65. The van der Waals surface area contributed by atoms with Gasteiger partial charge in [-0.1, -0.05) is 12.8 Å². The highest BCUT2D eigenvalue weighted by atomic mass is 32.2. The number of hydrogen-bond acceptors (Lipinski definition) is 5. The number of aromatic hydroxyl groups is 1. The van der Waals surface area contributed by atoms with E-state index in [4.69, 9.17) is 4.74 Å². The molecule has 1 aromatic rings. The number of phenols is 1. The van der Waals surface area contributed by atoms with E-state index in [0.717, 1.165) is 0 Å². The van der Waals surface area contributed by atoms with Crippen molar-refractivity contribution in [2.45, 2.75) is 41.1 Å². The molecule has 128 valence electrons. The van der Waals surface area contributed by atoms with E-state index in [1.165, 1.54) is 30.6 Å². The van der Waals surface area contributed by atoms with Crippen molar-refractivity contribution >= 4 is 29.4 Å². The number of benzene rings is 1. The van der Waals surface area contributed by atoms with Crippen LogP contribution in [0.25, 0.3) is 0 Å². The second-order valence-electron chi connectivity index (χ2n) is 5.63. The number of carbonyl (C=O) groups excluding carboxylic acids is 1. The van der Waals surface area contributed by atoms with E-state index in [-0.39, 0.29) is 5.91 Å². The van der Waals surface area contributed by atoms with Gasteiger partial charge in [0.25, 0.3) is 0 Å². The van der Waals surface area contributed by atoms with E-state index >= 15 is 0 Å². The Balaban J connectivity index is 1.81. The number of methoxy groups -OCH3 is 1. The lowest BCUT2D eigenvalue weighted by molar-refractivity contribution is -0.118. The number of thioether (sulfide) groups is 2. The molecule has 6 heteroatoms. The van der Waals surface area contributed by atoms with Crippen LogP contribution in [0.1, 0.15) is 25.7 Å². The second kappa shape index (κ2) is 10.1. The zero-order valence-electron chi connectivity index (χ0n) is 13.5. The third-order valence-corrected chi connectivity index (χ3v) is 6.83. The minimum atomic E-state index is 0.0889. The average Bonchev–Trinajstić information content (AvgIpc) is 2.56. The standard InChI is InChI=1S/C17H25NO3S2/c1-21-11-10-18-17(20)12-22-15-4-2-3-5-16(15)23-14-8-6-13(19)7-9-14/h6-9,15-16,19H,2-5,10-12H2,1H3,(H,18,20). The average molecular weight is 356 g/mol. The van der Waals surface area contributed by atoms with Crippen LogP contribution in [-0.2, 0) is 9.53 Å². The molecule has 2 rings (SSSR count). The number of rotatable bonds is 8. The van der Waals surface area contributed by atoms with Crippen molar-refractivity contribution in [3.05, 3.63) is 24.3 Å². The summed E-state index contributed by atoms with van der Waals surface area (Å²) in [7, 11) is 1.63. The number of phenolic OH excluding ortho intramolecular Hbond substituents is 1. The Morgan fingerprint density at radius 3 is 2.65 bits per heavy atom. The molecule has 1 amide bonds. The van der Waals surface area contributed by atoms with Gasteiger partial charge in [0.15, 0.2) is 0 Å². The predicted octanol–water partition coefficient (Wildman–Crippen LogP) is 3.29. The largest absolute Gasteiger partial charge is 0.508 e. The molecule has 0 heterocycles. The van der Waals surface area contributed by atoms with Crippen molar-refractivity contribution in [1.82, 2.24) is 5.32 Å². The van der Waals surface area contributed by atoms with Gasteiger partial charge in [-0.3, -0.25) is 4.79 Å². The minimum Gasteiger partial charge on any atom is -0.508 e. The Labute approximate surface area is 146 Å². The number of hydrogen-bond donors (Lipinski definition) is 2. The number of nitrogens with one attached hydrogen (secondary N) is 1. The zero-order chi connectivity index (χ0) is 16.5. The fraction of sp³-hybridized carbons (Fsp3) is 0.588. The molecule has 2 unspecified atom stereocenters. The summed E-state index contributed by atoms with van der Waals surface area (Å²) in [6, 6.07) is 7.40. The van der Waals surface area contributed by atoms with Crippen molar-refractivity contribution < 1.29 is 14.6 Å². The zero-order valence-corrected chi connectivity index (χ0v) is 15.1. The lowest BCUT2D eigenvalue weighted by Gasteiger charge is -2.30.